The van der Waals surface area contributed by atoms with Gasteiger partial charge in [0.1, 0.15) is 0 Å². The molecule has 5 aliphatic rings. The van der Waals surface area contributed by atoms with Gasteiger partial charge in [-0.25, -0.2) is 0 Å². The number of benzene rings is 1. The third kappa shape index (κ3) is 20.8. The van der Waals surface area contributed by atoms with Gasteiger partial charge in [0.15, 0.2) is 0 Å². The van der Waals surface area contributed by atoms with Gasteiger partial charge >= 0.3 is 11.9 Å². The minimum atomic E-state index is -0.733. The summed E-state index contributed by atoms with van der Waals surface area (Å²) < 4.78 is 0. The minimum absolute atomic E-state index is 0. The van der Waals surface area contributed by atoms with E-state index in [1.807, 2.05) is 40.0 Å². The fraction of sp³-hybridized carbons (Fsp3) is 0.730. The molecule has 10 heteroatoms. The molecule has 4 fully saturated rings. The number of rotatable bonds is 6. The van der Waals surface area contributed by atoms with Crippen LogP contribution in [-0.2, 0) is 26.7 Å². The Labute approximate surface area is 304 Å². The smallest absolute Gasteiger partial charge is 0.313 e. The number of fused-ring (bicyclic) bond motifs is 3. The Morgan fingerprint density at radius 3 is 1.49 bits per heavy atom. The summed E-state index contributed by atoms with van der Waals surface area (Å²) in [5.74, 6) is 3.07. The Morgan fingerprint density at radius 2 is 1.13 bits per heavy atom. The number of thioether (sulfide) groups is 2. The topological polar surface area (TPSA) is 117 Å². The summed E-state index contributed by atoms with van der Waals surface area (Å²) in [6, 6.07) is 8.27. The number of hydrogen-bond acceptors (Lipinski definition) is 4. The normalized spacial score (nSPS) is 23.7. The molecule has 0 amide bonds. The Bertz CT molecular complexity index is 970. The average molecular weight is 739 g/mol. The zero-order valence-corrected chi connectivity index (χ0v) is 31.7. The molecular formula is C37H60CuN3O4S2-3. The van der Waals surface area contributed by atoms with Gasteiger partial charge < -0.3 is 26.2 Å². The van der Waals surface area contributed by atoms with Crippen molar-refractivity contribution in [2.24, 2.45) is 23.7 Å². The van der Waals surface area contributed by atoms with Crippen molar-refractivity contribution in [3.05, 3.63) is 50.7 Å². The molecule has 1 aromatic carbocycles. The van der Waals surface area contributed by atoms with Gasteiger partial charge in [-0.2, -0.15) is 6.20 Å². The van der Waals surface area contributed by atoms with Gasteiger partial charge in [-0.05, 0) is 32.8 Å². The molecule has 2 saturated carbocycles. The fourth-order valence-electron chi connectivity index (χ4n) is 6.43. The third-order valence-electron chi connectivity index (χ3n) is 8.90. The summed E-state index contributed by atoms with van der Waals surface area (Å²) in [6.45, 7) is 13.4. The van der Waals surface area contributed by atoms with E-state index in [0.717, 1.165) is 43.3 Å². The molecule has 3 heterocycles. The molecule has 0 spiro atoms. The van der Waals surface area contributed by atoms with Crippen molar-refractivity contribution in [1.29, 1.82) is 0 Å². The van der Waals surface area contributed by atoms with Gasteiger partial charge in [-0.1, -0.05) is 134 Å². The molecule has 0 bridgehead atoms. The van der Waals surface area contributed by atoms with Crippen LogP contribution in [0.25, 0.3) is 28.2 Å². The van der Waals surface area contributed by atoms with E-state index in [1.165, 1.54) is 111 Å². The maximum Gasteiger partial charge on any atom is 0.313 e. The minimum Gasteiger partial charge on any atom is -0.687 e. The van der Waals surface area contributed by atoms with Gasteiger partial charge in [0.2, 0.25) is 0 Å². The van der Waals surface area contributed by atoms with Crippen molar-refractivity contribution in [2.75, 3.05) is 44.2 Å². The van der Waals surface area contributed by atoms with Gasteiger partial charge in [0.25, 0.3) is 0 Å². The molecule has 3 aliphatic heterocycles. The number of carboxylic acid groups (broad SMARTS) is 2. The van der Waals surface area contributed by atoms with Gasteiger partial charge in [0.05, 0.1) is 11.5 Å². The van der Waals surface area contributed by atoms with E-state index in [9.17, 15) is 9.59 Å². The average Bonchev–Trinajstić information content (AvgIpc) is 3.08. The van der Waals surface area contributed by atoms with Crippen molar-refractivity contribution in [3.8, 4) is 0 Å². The first kappa shape index (κ1) is 43.9. The van der Waals surface area contributed by atoms with E-state index in [-0.39, 0.29) is 28.6 Å². The summed E-state index contributed by atoms with van der Waals surface area (Å²) in [5, 5.41) is 32.7. The summed E-state index contributed by atoms with van der Waals surface area (Å²) >= 11 is 2.88. The predicted octanol–water partition coefficient (Wildman–Crippen LogP) is 8.16. The van der Waals surface area contributed by atoms with Gasteiger partial charge in [-0.3, -0.25) is 9.59 Å². The number of aliphatic carboxylic acids is 2. The van der Waals surface area contributed by atoms with Crippen LogP contribution in [0.4, 0.5) is 0 Å². The molecular weight excluding hydrogens is 678 g/mol. The van der Waals surface area contributed by atoms with Crippen LogP contribution in [0.2, 0.25) is 0 Å². The molecule has 1 aromatic rings. The molecule has 2 saturated heterocycles. The molecule has 0 aromatic heterocycles. The standard InChI is InChI=1S/2C9H16N.C9H8N.2C5H10O2S.Cu/c3*1-2-4-9-7-10-6-5-8(9)3-1;2*1-4(2)8-3-5(6)7;/h2*8-9H,1-7H2;1-5,7H,6H2;2*4H,3H2,1-2H3,(H,6,7);/q3*-1;;;. The molecule has 6 rings (SSSR count). The van der Waals surface area contributed by atoms with Crippen molar-refractivity contribution < 1.29 is 36.9 Å². The maximum atomic E-state index is 9.88. The van der Waals surface area contributed by atoms with Crippen LogP contribution >= 0.6 is 23.5 Å². The zero-order valence-electron chi connectivity index (χ0n) is 29.1. The van der Waals surface area contributed by atoms with Crippen molar-refractivity contribution in [1.82, 2.24) is 0 Å². The maximum absolute atomic E-state index is 9.88. The molecule has 7 nitrogen and oxygen atoms in total. The van der Waals surface area contributed by atoms with E-state index in [1.54, 1.807) is 0 Å². The van der Waals surface area contributed by atoms with Crippen LogP contribution in [-0.4, -0.2) is 76.9 Å². The molecule has 4 atom stereocenters. The molecule has 47 heavy (non-hydrogen) atoms. The van der Waals surface area contributed by atoms with Crippen LogP contribution < -0.4 is 10.4 Å². The molecule has 2 aliphatic carbocycles. The molecule has 4 unspecified atom stereocenters. The SMILES string of the molecule is C1=c2ccccc2=C[N-]C1.C1CCC2C[N-]CCC2C1.C1CCC2C[N-]CCC2C1.CC(C)SCC(=O)O.CC(C)SCC(=O)O.[Cu]. The number of hydrogen-bond donors (Lipinski definition) is 2. The Morgan fingerprint density at radius 1 is 0.702 bits per heavy atom. The number of nitrogens with zero attached hydrogens (tertiary/aromatic N) is 3. The Hall–Kier alpha value is -1.16. The largest absolute Gasteiger partial charge is 0.687 e. The monoisotopic (exact) mass is 737 g/mol. The fourth-order valence-corrected chi connectivity index (χ4v) is 7.38. The zero-order chi connectivity index (χ0) is 33.6. The van der Waals surface area contributed by atoms with E-state index in [4.69, 9.17) is 10.2 Å². The second-order valence-corrected chi connectivity index (χ2v) is 16.4. The quantitative estimate of drug-likeness (QED) is 0.285. The second kappa shape index (κ2) is 26.7. The van der Waals surface area contributed by atoms with E-state index in [2.05, 4.69) is 40.2 Å². The first-order chi connectivity index (χ1) is 22.2. The summed E-state index contributed by atoms with van der Waals surface area (Å²) in [7, 11) is 0. The number of carbonyl (C=O) groups is 2. The van der Waals surface area contributed by atoms with Crippen molar-refractivity contribution in [2.45, 2.75) is 102 Å². The summed E-state index contributed by atoms with van der Waals surface area (Å²) in [5.41, 5.74) is 0. The molecule has 1 radical (unpaired) electrons. The van der Waals surface area contributed by atoms with Crippen molar-refractivity contribution >= 4 is 47.7 Å². The van der Waals surface area contributed by atoms with Crippen LogP contribution in [0.15, 0.2) is 24.3 Å². The first-order valence-corrected chi connectivity index (χ1v) is 19.6. The predicted molar refractivity (Wildman–Crippen MR) is 200 cm³/mol. The Kier molecular flexibility index (Phi) is 24.9. The van der Waals surface area contributed by atoms with Crippen molar-refractivity contribution in [3.63, 3.8) is 0 Å². The van der Waals surface area contributed by atoms with E-state index in [0.29, 0.717) is 10.5 Å². The van der Waals surface area contributed by atoms with Gasteiger partial charge in [0, 0.05) is 17.1 Å². The van der Waals surface area contributed by atoms with E-state index >= 15 is 0 Å². The van der Waals surface area contributed by atoms with Crippen LogP contribution in [0.5, 0.6) is 0 Å². The second-order valence-electron chi connectivity index (χ2n) is 13.3. The molecule has 273 valence electrons. The van der Waals surface area contributed by atoms with Crippen LogP contribution in [0.1, 0.15) is 91.9 Å². The summed E-state index contributed by atoms with van der Waals surface area (Å²) in [6.07, 6.45) is 18.7. The first-order valence-electron chi connectivity index (χ1n) is 17.5. The number of piperidine rings is 2. The van der Waals surface area contributed by atoms with Crippen LogP contribution in [0.3, 0.4) is 0 Å². The summed E-state index contributed by atoms with van der Waals surface area (Å²) in [4.78, 5) is 19.8. The number of carboxylic acids is 2. The Balaban J connectivity index is 0.000000294. The van der Waals surface area contributed by atoms with Crippen LogP contribution in [0, 0.1) is 23.7 Å². The third-order valence-corrected chi connectivity index (χ3v) is 11.1. The van der Waals surface area contributed by atoms with E-state index < -0.39 is 11.9 Å². The molecule has 2 N–H and O–H groups in total. The van der Waals surface area contributed by atoms with Gasteiger partial charge in [-0.15, -0.1) is 56.2 Å².